The number of ether oxygens (including phenoxy) is 1. The summed E-state index contributed by atoms with van der Waals surface area (Å²) in [5, 5.41) is 3.40. The lowest BCUT2D eigenvalue weighted by molar-refractivity contribution is -0.144. The number of benzene rings is 1. The summed E-state index contributed by atoms with van der Waals surface area (Å²) < 4.78 is 44.1. The van der Waals surface area contributed by atoms with Gasteiger partial charge in [0.15, 0.2) is 5.82 Å². The molecule has 1 aromatic carbocycles. The fourth-order valence-electron chi connectivity index (χ4n) is 1.82. The van der Waals surface area contributed by atoms with Crippen molar-refractivity contribution >= 4 is 0 Å². The number of nitrogens with zero attached hydrogens (tertiary/aromatic N) is 3. The van der Waals surface area contributed by atoms with Crippen LogP contribution < -0.4 is 0 Å². The summed E-state index contributed by atoms with van der Waals surface area (Å²) >= 11 is 0. The third-order valence-corrected chi connectivity index (χ3v) is 2.98. The van der Waals surface area contributed by atoms with Gasteiger partial charge in [-0.25, -0.2) is 9.67 Å². The molecule has 1 atom stereocenters. The van der Waals surface area contributed by atoms with Crippen LogP contribution in [0.2, 0.25) is 0 Å². The van der Waals surface area contributed by atoms with E-state index in [0.717, 1.165) is 10.2 Å². The van der Waals surface area contributed by atoms with E-state index in [4.69, 9.17) is 4.74 Å². The van der Waals surface area contributed by atoms with Gasteiger partial charge < -0.3 is 4.74 Å². The monoisotopic (exact) mass is 285 g/mol. The van der Waals surface area contributed by atoms with Gasteiger partial charge in [-0.1, -0.05) is 18.2 Å². The zero-order chi connectivity index (χ0) is 14.9. The number of alkyl halides is 3. The maximum atomic E-state index is 12.6. The summed E-state index contributed by atoms with van der Waals surface area (Å²) in [4.78, 5) is 3.56. The van der Waals surface area contributed by atoms with Crippen LogP contribution in [-0.2, 0) is 18.0 Å². The van der Waals surface area contributed by atoms with Gasteiger partial charge in [-0.3, -0.25) is 0 Å². The molecule has 1 heterocycles. The maximum Gasteiger partial charge on any atom is 0.453 e. The molecule has 4 nitrogen and oxygen atoms in total. The van der Waals surface area contributed by atoms with E-state index < -0.39 is 12.0 Å². The van der Waals surface area contributed by atoms with E-state index in [1.54, 1.807) is 25.3 Å². The van der Waals surface area contributed by atoms with Gasteiger partial charge in [-0.05, 0) is 18.6 Å². The molecule has 0 fully saturated rings. The highest BCUT2D eigenvalue weighted by atomic mass is 19.4. The van der Waals surface area contributed by atoms with Crippen LogP contribution >= 0.6 is 0 Å². The molecule has 0 aliphatic carbocycles. The first-order chi connectivity index (χ1) is 9.32. The Labute approximate surface area is 114 Å². The Bertz CT molecular complexity index is 607. The van der Waals surface area contributed by atoms with Crippen LogP contribution in [0.5, 0.6) is 0 Å². The zero-order valence-corrected chi connectivity index (χ0v) is 11.3. The lowest BCUT2D eigenvalue weighted by Gasteiger charge is -2.10. The fraction of sp³-hybridized carbons (Fsp3) is 0.385. The minimum Gasteiger partial charge on any atom is -0.377 e. The molecule has 0 aliphatic rings. The maximum absolute atomic E-state index is 12.6. The standard InChI is InChI=1S/C13H14F3N3O/c1-8(20-3)9-5-4-6-10(7-9)11-17-12(13(14,15)16)18-19(11)2/h4-8H,1-3H3. The SMILES string of the molecule is COC(C)c1cccc(-c2nc(C(F)(F)F)nn2C)c1. The molecule has 0 N–H and O–H groups in total. The molecular weight excluding hydrogens is 271 g/mol. The van der Waals surface area contributed by atoms with Gasteiger partial charge in [0, 0.05) is 19.7 Å². The molecule has 0 bridgehead atoms. The Balaban J connectivity index is 2.44. The molecule has 0 saturated heterocycles. The minimum absolute atomic E-state index is 0.148. The molecule has 20 heavy (non-hydrogen) atoms. The normalized spacial score (nSPS) is 13.5. The molecule has 2 rings (SSSR count). The molecule has 7 heteroatoms. The number of rotatable bonds is 3. The molecule has 0 spiro atoms. The average molecular weight is 285 g/mol. The van der Waals surface area contributed by atoms with Gasteiger partial charge in [0.1, 0.15) is 0 Å². The molecule has 2 aromatic rings. The lowest BCUT2D eigenvalue weighted by Crippen LogP contribution is -2.08. The third-order valence-electron chi connectivity index (χ3n) is 2.98. The second-order valence-corrected chi connectivity index (χ2v) is 4.38. The topological polar surface area (TPSA) is 39.9 Å². The van der Waals surface area contributed by atoms with E-state index in [0.29, 0.717) is 5.56 Å². The Morgan fingerprint density at radius 1 is 1.30 bits per heavy atom. The van der Waals surface area contributed by atoms with Crippen LogP contribution in [0.4, 0.5) is 13.2 Å². The van der Waals surface area contributed by atoms with Crippen molar-refractivity contribution in [3.8, 4) is 11.4 Å². The predicted octanol–water partition coefficient (Wildman–Crippen LogP) is 3.21. The summed E-state index contributed by atoms with van der Waals surface area (Å²) in [6.45, 7) is 1.86. The van der Waals surface area contributed by atoms with E-state index in [1.807, 2.05) is 13.0 Å². The van der Waals surface area contributed by atoms with Crippen molar-refractivity contribution < 1.29 is 17.9 Å². The summed E-state index contributed by atoms with van der Waals surface area (Å²) in [6.07, 6.45) is -4.70. The molecular formula is C13H14F3N3O. The summed E-state index contributed by atoms with van der Waals surface area (Å²) in [5.41, 5.74) is 1.43. The smallest absolute Gasteiger partial charge is 0.377 e. The third kappa shape index (κ3) is 2.82. The minimum atomic E-state index is -4.55. The quantitative estimate of drug-likeness (QED) is 0.869. The number of methoxy groups -OCH3 is 1. The molecule has 1 unspecified atom stereocenters. The van der Waals surface area contributed by atoms with Gasteiger partial charge in [0.05, 0.1) is 6.10 Å². The van der Waals surface area contributed by atoms with E-state index in [-0.39, 0.29) is 11.9 Å². The van der Waals surface area contributed by atoms with Crippen molar-refractivity contribution in [3.63, 3.8) is 0 Å². The number of halogens is 3. The molecule has 0 saturated carbocycles. The highest BCUT2D eigenvalue weighted by molar-refractivity contribution is 5.56. The Morgan fingerprint density at radius 3 is 2.55 bits per heavy atom. The van der Waals surface area contributed by atoms with Gasteiger partial charge in [-0.15, -0.1) is 5.10 Å². The summed E-state index contributed by atoms with van der Waals surface area (Å²) in [7, 11) is 3.01. The first-order valence-electron chi connectivity index (χ1n) is 5.94. The largest absolute Gasteiger partial charge is 0.453 e. The number of hydrogen-bond acceptors (Lipinski definition) is 3. The van der Waals surface area contributed by atoms with E-state index >= 15 is 0 Å². The highest BCUT2D eigenvalue weighted by Crippen LogP contribution is 2.29. The van der Waals surface area contributed by atoms with Crippen LogP contribution in [-0.4, -0.2) is 21.9 Å². The van der Waals surface area contributed by atoms with Crippen molar-refractivity contribution in [1.29, 1.82) is 0 Å². The molecule has 108 valence electrons. The number of hydrogen-bond donors (Lipinski definition) is 0. The average Bonchev–Trinajstić information content (AvgIpc) is 2.80. The van der Waals surface area contributed by atoms with Crippen molar-refractivity contribution in [2.45, 2.75) is 19.2 Å². The number of aromatic nitrogens is 3. The van der Waals surface area contributed by atoms with Crippen LogP contribution in [0.3, 0.4) is 0 Å². The summed E-state index contributed by atoms with van der Waals surface area (Å²) in [6, 6.07) is 7.04. The Kier molecular flexibility index (Phi) is 3.80. The lowest BCUT2D eigenvalue weighted by atomic mass is 10.1. The molecule has 1 aromatic heterocycles. The highest BCUT2D eigenvalue weighted by Gasteiger charge is 2.36. The van der Waals surface area contributed by atoms with Gasteiger partial charge in [0.25, 0.3) is 5.82 Å². The van der Waals surface area contributed by atoms with Gasteiger partial charge in [-0.2, -0.15) is 13.2 Å². The van der Waals surface area contributed by atoms with Crippen molar-refractivity contribution in [2.24, 2.45) is 7.05 Å². The Morgan fingerprint density at radius 2 is 2.00 bits per heavy atom. The fourth-order valence-corrected chi connectivity index (χ4v) is 1.82. The summed E-state index contributed by atoms with van der Waals surface area (Å²) in [5.74, 6) is -0.970. The molecule has 0 amide bonds. The zero-order valence-electron chi connectivity index (χ0n) is 11.3. The van der Waals surface area contributed by atoms with E-state index in [1.165, 1.54) is 7.05 Å². The van der Waals surface area contributed by atoms with Crippen LogP contribution in [0.25, 0.3) is 11.4 Å². The van der Waals surface area contributed by atoms with Crippen molar-refractivity contribution in [1.82, 2.24) is 14.8 Å². The molecule has 0 aliphatic heterocycles. The van der Waals surface area contributed by atoms with Gasteiger partial charge in [0.2, 0.25) is 0 Å². The van der Waals surface area contributed by atoms with E-state index in [2.05, 4.69) is 10.1 Å². The molecule has 0 radical (unpaired) electrons. The first kappa shape index (κ1) is 14.5. The Hall–Kier alpha value is -1.89. The van der Waals surface area contributed by atoms with E-state index in [9.17, 15) is 13.2 Å². The second-order valence-electron chi connectivity index (χ2n) is 4.38. The first-order valence-corrected chi connectivity index (χ1v) is 5.94. The second kappa shape index (κ2) is 5.24. The van der Waals surface area contributed by atoms with Crippen molar-refractivity contribution in [2.75, 3.05) is 7.11 Å². The van der Waals surface area contributed by atoms with Gasteiger partial charge >= 0.3 is 6.18 Å². The predicted molar refractivity (Wildman–Crippen MR) is 66.9 cm³/mol. The van der Waals surface area contributed by atoms with Crippen molar-refractivity contribution in [3.05, 3.63) is 35.7 Å². The van der Waals surface area contributed by atoms with Crippen LogP contribution in [0.15, 0.2) is 24.3 Å². The van der Waals surface area contributed by atoms with Crippen LogP contribution in [0, 0.1) is 0 Å². The van der Waals surface area contributed by atoms with Crippen LogP contribution in [0.1, 0.15) is 24.4 Å². The number of aryl methyl sites for hydroxylation is 1.